The maximum atomic E-state index is 12.4. The first-order valence-electron chi connectivity index (χ1n) is 9.06. The van der Waals surface area contributed by atoms with E-state index < -0.39 is 24.4 Å². The summed E-state index contributed by atoms with van der Waals surface area (Å²) in [7, 11) is 1.53. The van der Waals surface area contributed by atoms with Gasteiger partial charge >= 0.3 is 5.97 Å². The number of benzene rings is 2. The van der Waals surface area contributed by atoms with Crippen molar-refractivity contribution in [3.8, 4) is 5.75 Å². The van der Waals surface area contributed by atoms with Gasteiger partial charge in [0.25, 0.3) is 5.91 Å². The van der Waals surface area contributed by atoms with Gasteiger partial charge in [0.2, 0.25) is 5.91 Å². The van der Waals surface area contributed by atoms with E-state index in [9.17, 15) is 14.4 Å². The van der Waals surface area contributed by atoms with E-state index in [1.54, 1.807) is 24.3 Å². The van der Waals surface area contributed by atoms with Crippen LogP contribution < -0.4 is 15.0 Å². The molecule has 1 heterocycles. The summed E-state index contributed by atoms with van der Waals surface area (Å²) < 4.78 is 10.4. The van der Waals surface area contributed by atoms with Crippen molar-refractivity contribution in [3.05, 3.63) is 48.5 Å². The molecule has 1 aliphatic heterocycles. The molecule has 1 fully saturated rings. The lowest BCUT2D eigenvalue weighted by atomic mass is 10.1. The zero-order chi connectivity index (χ0) is 20.8. The topological polar surface area (TPSA) is 84.9 Å². The zero-order valence-electron chi connectivity index (χ0n) is 16.2. The highest BCUT2D eigenvalue weighted by molar-refractivity contribution is 7.98. The highest BCUT2D eigenvalue weighted by Gasteiger charge is 2.37. The number of ether oxygens (including phenoxy) is 2. The fourth-order valence-electron chi connectivity index (χ4n) is 3.14. The summed E-state index contributed by atoms with van der Waals surface area (Å²) in [5.41, 5.74) is 1.28. The first-order valence-corrected chi connectivity index (χ1v) is 10.3. The van der Waals surface area contributed by atoms with Gasteiger partial charge in [0.05, 0.1) is 24.4 Å². The number of carbonyl (C=O) groups is 3. The minimum absolute atomic E-state index is 0.0355. The van der Waals surface area contributed by atoms with Crippen molar-refractivity contribution in [2.45, 2.75) is 11.3 Å². The first kappa shape index (κ1) is 20.7. The summed E-state index contributed by atoms with van der Waals surface area (Å²) in [5.74, 6) is -1.25. The molecule has 1 aliphatic rings. The van der Waals surface area contributed by atoms with Crippen LogP contribution in [0.5, 0.6) is 5.75 Å². The number of hydrogen-bond donors (Lipinski definition) is 1. The number of nitrogens with zero attached hydrogens (tertiary/aromatic N) is 1. The molecule has 152 valence electrons. The standard InChI is InChI=1S/C21H22N2O5S/c1-27-17-9-5-4-8-16(17)23-12-14(11-20(23)25)21(26)28-13-19(24)22-15-7-3-6-10-18(15)29-2/h3-10,14H,11-13H2,1-2H3,(H,22,24)/t14-/m1/s1. The van der Waals surface area contributed by atoms with Gasteiger partial charge in [-0.15, -0.1) is 11.8 Å². The highest BCUT2D eigenvalue weighted by atomic mass is 32.2. The van der Waals surface area contributed by atoms with Crippen molar-refractivity contribution in [3.63, 3.8) is 0 Å². The number of nitrogens with one attached hydrogen (secondary N) is 1. The van der Waals surface area contributed by atoms with Crippen molar-refractivity contribution in [1.82, 2.24) is 0 Å². The monoisotopic (exact) mass is 414 g/mol. The molecule has 1 atom stereocenters. The summed E-state index contributed by atoms with van der Waals surface area (Å²) in [5, 5.41) is 2.73. The molecule has 0 aliphatic carbocycles. The number of esters is 1. The Morgan fingerprint density at radius 1 is 1.17 bits per heavy atom. The number of hydrogen-bond acceptors (Lipinski definition) is 6. The lowest BCUT2D eigenvalue weighted by molar-refractivity contribution is -0.151. The van der Waals surface area contributed by atoms with Gasteiger partial charge in [-0.3, -0.25) is 14.4 Å². The van der Waals surface area contributed by atoms with Crippen molar-refractivity contribution < 1.29 is 23.9 Å². The van der Waals surface area contributed by atoms with Crippen LogP contribution in [0.3, 0.4) is 0 Å². The van der Waals surface area contributed by atoms with Crippen molar-refractivity contribution in [2.24, 2.45) is 5.92 Å². The zero-order valence-corrected chi connectivity index (χ0v) is 17.0. The number of methoxy groups -OCH3 is 1. The van der Waals surface area contributed by atoms with Gasteiger partial charge in [-0.1, -0.05) is 24.3 Å². The van der Waals surface area contributed by atoms with Gasteiger partial charge in [0.1, 0.15) is 5.75 Å². The van der Waals surface area contributed by atoms with E-state index in [0.717, 1.165) is 4.90 Å². The average Bonchev–Trinajstić information content (AvgIpc) is 3.13. The van der Waals surface area contributed by atoms with Crippen LogP contribution in [0.15, 0.2) is 53.4 Å². The van der Waals surface area contributed by atoms with E-state index in [1.165, 1.54) is 23.8 Å². The molecule has 29 heavy (non-hydrogen) atoms. The highest BCUT2D eigenvalue weighted by Crippen LogP contribution is 2.33. The molecule has 0 spiro atoms. The number of thioether (sulfide) groups is 1. The third kappa shape index (κ3) is 4.89. The van der Waals surface area contributed by atoms with Gasteiger partial charge < -0.3 is 19.7 Å². The normalized spacial score (nSPS) is 15.9. The lowest BCUT2D eigenvalue weighted by Gasteiger charge is -2.19. The number of anilines is 2. The van der Waals surface area contributed by atoms with Crippen molar-refractivity contribution in [1.29, 1.82) is 0 Å². The molecular formula is C21H22N2O5S. The Kier molecular flexibility index (Phi) is 6.77. The van der Waals surface area contributed by atoms with Gasteiger partial charge in [0, 0.05) is 17.9 Å². The Hall–Kier alpha value is -3.00. The van der Waals surface area contributed by atoms with E-state index in [-0.39, 0.29) is 18.9 Å². The molecule has 1 saturated heterocycles. The molecular weight excluding hydrogens is 392 g/mol. The predicted molar refractivity (Wildman–Crippen MR) is 111 cm³/mol. The second-order valence-corrected chi connectivity index (χ2v) is 7.28. The third-order valence-corrected chi connectivity index (χ3v) is 5.36. The predicted octanol–water partition coefficient (Wildman–Crippen LogP) is 2.95. The lowest BCUT2D eigenvalue weighted by Crippen LogP contribution is -2.28. The molecule has 7 nitrogen and oxygen atoms in total. The van der Waals surface area contributed by atoms with E-state index in [1.807, 2.05) is 30.5 Å². The smallest absolute Gasteiger partial charge is 0.311 e. The van der Waals surface area contributed by atoms with Gasteiger partial charge in [-0.2, -0.15) is 0 Å². The van der Waals surface area contributed by atoms with E-state index in [4.69, 9.17) is 9.47 Å². The Morgan fingerprint density at radius 2 is 1.90 bits per heavy atom. The summed E-state index contributed by atoms with van der Waals surface area (Å²) >= 11 is 1.51. The fraction of sp³-hybridized carbons (Fsp3) is 0.286. The van der Waals surface area contributed by atoms with Crippen LogP contribution in [-0.4, -0.2) is 44.3 Å². The average molecular weight is 414 g/mol. The second-order valence-electron chi connectivity index (χ2n) is 6.43. The SMILES string of the molecule is COc1ccccc1N1C[C@H](C(=O)OCC(=O)Nc2ccccc2SC)CC1=O. The molecule has 1 N–H and O–H groups in total. The minimum Gasteiger partial charge on any atom is -0.495 e. The number of amides is 2. The summed E-state index contributed by atoms with van der Waals surface area (Å²) in [6, 6.07) is 14.5. The molecule has 0 aromatic heterocycles. The molecule has 0 saturated carbocycles. The van der Waals surface area contributed by atoms with Crippen LogP contribution in [0.2, 0.25) is 0 Å². The molecule has 2 amide bonds. The molecule has 2 aromatic rings. The van der Waals surface area contributed by atoms with E-state index >= 15 is 0 Å². The van der Waals surface area contributed by atoms with Gasteiger partial charge in [0.15, 0.2) is 6.61 Å². The van der Waals surface area contributed by atoms with E-state index in [0.29, 0.717) is 17.1 Å². The maximum absolute atomic E-state index is 12.4. The Balaban J connectivity index is 1.56. The summed E-state index contributed by atoms with van der Waals surface area (Å²) in [6.45, 7) is -0.212. The number of para-hydroxylation sites is 3. The third-order valence-electron chi connectivity index (χ3n) is 4.56. The van der Waals surface area contributed by atoms with E-state index in [2.05, 4.69) is 5.32 Å². The van der Waals surface area contributed by atoms with Crippen LogP contribution in [0, 0.1) is 5.92 Å². The van der Waals surface area contributed by atoms with Crippen molar-refractivity contribution in [2.75, 3.05) is 36.7 Å². The van der Waals surface area contributed by atoms with Crippen LogP contribution in [0.25, 0.3) is 0 Å². The van der Waals surface area contributed by atoms with Gasteiger partial charge in [-0.25, -0.2) is 0 Å². The molecule has 2 aromatic carbocycles. The molecule has 3 rings (SSSR count). The molecule has 0 bridgehead atoms. The summed E-state index contributed by atoms with van der Waals surface area (Å²) in [6.07, 6.45) is 1.95. The number of carbonyl (C=O) groups excluding carboxylic acids is 3. The van der Waals surface area contributed by atoms with Crippen LogP contribution in [0.1, 0.15) is 6.42 Å². The van der Waals surface area contributed by atoms with Crippen molar-refractivity contribution >= 4 is 40.9 Å². The Morgan fingerprint density at radius 3 is 2.66 bits per heavy atom. The largest absolute Gasteiger partial charge is 0.495 e. The van der Waals surface area contributed by atoms with Crippen LogP contribution in [-0.2, 0) is 19.1 Å². The number of rotatable bonds is 7. The molecule has 8 heteroatoms. The Bertz CT molecular complexity index is 917. The quantitative estimate of drug-likeness (QED) is 0.554. The van der Waals surface area contributed by atoms with Crippen LogP contribution >= 0.6 is 11.8 Å². The van der Waals surface area contributed by atoms with Crippen LogP contribution in [0.4, 0.5) is 11.4 Å². The minimum atomic E-state index is -0.626. The first-order chi connectivity index (χ1) is 14.0. The Labute approximate surface area is 173 Å². The fourth-order valence-corrected chi connectivity index (χ4v) is 3.69. The maximum Gasteiger partial charge on any atom is 0.311 e. The second kappa shape index (κ2) is 9.47. The van der Waals surface area contributed by atoms with Gasteiger partial charge in [-0.05, 0) is 30.5 Å². The summed E-state index contributed by atoms with van der Waals surface area (Å²) in [4.78, 5) is 39.3. The molecule has 0 radical (unpaired) electrons. The molecule has 0 unspecified atom stereocenters.